The molecule has 1 N–H and O–H groups in total. The van der Waals surface area contributed by atoms with Gasteiger partial charge in [-0.3, -0.25) is 9.69 Å². The Labute approximate surface area is 244 Å². The number of carbonyl (C=O) groups excluding carboxylic acids is 1. The first-order valence-electron chi connectivity index (χ1n) is 15.5. The van der Waals surface area contributed by atoms with E-state index in [0.717, 1.165) is 77.7 Å². The van der Waals surface area contributed by atoms with E-state index in [9.17, 15) is 22.0 Å². The van der Waals surface area contributed by atoms with Gasteiger partial charge in [-0.2, -0.15) is 0 Å². The lowest BCUT2D eigenvalue weighted by Gasteiger charge is -2.41. The lowest BCUT2D eigenvalue weighted by atomic mass is 9.78. The Morgan fingerprint density at radius 1 is 0.927 bits per heavy atom. The molecule has 3 aliphatic heterocycles. The lowest BCUT2D eigenvalue weighted by Crippen LogP contribution is -2.53. The maximum absolute atomic E-state index is 14.2. The number of amides is 1. The molecule has 230 valence electrons. The van der Waals surface area contributed by atoms with Crippen molar-refractivity contribution < 1.29 is 22.0 Å². The third-order valence-electron chi connectivity index (χ3n) is 9.64. The van der Waals surface area contributed by atoms with E-state index < -0.39 is 21.7 Å². The second kappa shape index (κ2) is 13.8. The number of piperazine rings is 1. The highest BCUT2D eigenvalue weighted by molar-refractivity contribution is 7.88. The summed E-state index contributed by atoms with van der Waals surface area (Å²) in [6, 6.07) is 4.08. The number of nitrogens with one attached hydrogen (secondary N) is 1. The van der Waals surface area contributed by atoms with Crippen LogP contribution >= 0.6 is 0 Å². The predicted octanol–water partition coefficient (Wildman–Crippen LogP) is 2.72. The second-order valence-electron chi connectivity index (χ2n) is 12.7. The minimum absolute atomic E-state index is 0.0355. The summed E-state index contributed by atoms with van der Waals surface area (Å²) in [5.74, 6) is -0.0799. The molecule has 4 aliphatic rings. The molecule has 1 atom stereocenters. The lowest BCUT2D eigenvalue weighted by molar-refractivity contribution is -0.136. The molecule has 4 fully saturated rings. The molecule has 0 aromatic heterocycles. The number of likely N-dealkylation sites (tertiary alicyclic amines) is 1. The fourth-order valence-corrected chi connectivity index (χ4v) is 7.91. The number of sulfonamides is 1. The van der Waals surface area contributed by atoms with Crippen molar-refractivity contribution in [2.45, 2.75) is 56.9 Å². The van der Waals surface area contributed by atoms with E-state index in [1.165, 1.54) is 35.5 Å². The van der Waals surface area contributed by atoms with Gasteiger partial charge in [0, 0.05) is 71.0 Å². The van der Waals surface area contributed by atoms with Crippen LogP contribution in [0.4, 0.5) is 8.78 Å². The van der Waals surface area contributed by atoms with Crippen LogP contribution in [0.15, 0.2) is 18.2 Å². The molecule has 0 radical (unpaired) electrons. The van der Waals surface area contributed by atoms with Crippen LogP contribution in [0.3, 0.4) is 0 Å². The fourth-order valence-electron chi connectivity index (χ4n) is 7.03. The monoisotopic (exact) mass is 595 g/mol. The first-order chi connectivity index (χ1) is 19.7. The van der Waals surface area contributed by atoms with Crippen molar-refractivity contribution in [2.24, 2.45) is 11.8 Å². The van der Waals surface area contributed by atoms with Gasteiger partial charge in [0.15, 0.2) is 0 Å². The Balaban J connectivity index is 1.18. The maximum Gasteiger partial charge on any atom is 0.237 e. The van der Waals surface area contributed by atoms with Crippen molar-refractivity contribution in [2.75, 3.05) is 78.2 Å². The van der Waals surface area contributed by atoms with Gasteiger partial charge in [0.2, 0.25) is 15.9 Å². The largest absolute Gasteiger partial charge is 0.338 e. The topological polar surface area (TPSA) is 76.2 Å². The molecular weight excluding hydrogens is 548 g/mol. The second-order valence-corrected chi connectivity index (χ2v) is 14.7. The minimum atomic E-state index is -3.24. The predicted molar refractivity (Wildman–Crippen MR) is 156 cm³/mol. The normalized spacial score (nSPS) is 23.5. The van der Waals surface area contributed by atoms with Crippen LogP contribution in [0, 0.1) is 23.5 Å². The first-order valence-corrected chi connectivity index (χ1v) is 17.4. The van der Waals surface area contributed by atoms with E-state index in [4.69, 9.17) is 0 Å². The molecule has 8 nitrogen and oxygen atoms in total. The van der Waals surface area contributed by atoms with Gasteiger partial charge in [0.05, 0.1) is 12.8 Å². The highest BCUT2D eigenvalue weighted by Gasteiger charge is 2.35. The summed E-state index contributed by atoms with van der Waals surface area (Å²) >= 11 is 0. The van der Waals surface area contributed by atoms with Crippen molar-refractivity contribution >= 4 is 15.9 Å². The summed E-state index contributed by atoms with van der Waals surface area (Å²) in [6.07, 6.45) is 7.72. The van der Waals surface area contributed by atoms with Crippen molar-refractivity contribution in [3.63, 3.8) is 0 Å². The molecular formula is C30H47F2N5O3S. The zero-order valence-corrected chi connectivity index (χ0v) is 25.3. The molecule has 11 heteroatoms. The van der Waals surface area contributed by atoms with Crippen molar-refractivity contribution in [1.29, 1.82) is 0 Å². The van der Waals surface area contributed by atoms with E-state index in [1.807, 2.05) is 0 Å². The average molecular weight is 596 g/mol. The molecule has 0 spiro atoms. The van der Waals surface area contributed by atoms with Crippen LogP contribution in [0.5, 0.6) is 0 Å². The van der Waals surface area contributed by atoms with E-state index in [1.54, 1.807) is 0 Å². The van der Waals surface area contributed by atoms with Crippen LogP contribution in [-0.4, -0.2) is 118 Å². The van der Waals surface area contributed by atoms with E-state index in [-0.39, 0.29) is 23.8 Å². The quantitative estimate of drug-likeness (QED) is 0.424. The zero-order valence-electron chi connectivity index (χ0n) is 24.4. The summed E-state index contributed by atoms with van der Waals surface area (Å²) in [4.78, 5) is 20.3. The van der Waals surface area contributed by atoms with Crippen molar-refractivity contribution in [1.82, 2.24) is 24.3 Å². The molecule has 1 aromatic carbocycles. The standard InChI is InChI=1S/C30H47F2N5O3S/c1-41(39,40)36-14-4-24(5-15-36)29(25-18-26(31)20-27(32)19-25)8-13-34-11-6-28(7-12-34)37(21-23-2-3-23)30(38)22-35-16-9-33-10-17-35/h18-20,23-24,28-29,33H,2-17,21-22H2,1H3/t29-/m1/s1. The number of hydrogen-bond acceptors (Lipinski definition) is 6. The maximum atomic E-state index is 14.2. The number of nitrogens with zero attached hydrogens (tertiary/aromatic N) is 4. The molecule has 41 heavy (non-hydrogen) atoms. The molecule has 0 bridgehead atoms. The Morgan fingerprint density at radius 3 is 2.15 bits per heavy atom. The molecule has 5 rings (SSSR count). The smallest absolute Gasteiger partial charge is 0.237 e. The Morgan fingerprint density at radius 2 is 1.56 bits per heavy atom. The van der Waals surface area contributed by atoms with Crippen molar-refractivity contribution in [3.8, 4) is 0 Å². The molecule has 0 unspecified atom stereocenters. The van der Waals surface area contributed by atoms with Crippen LogP contribution in [0.2, 0.25) is 0 Å². The number of halogens is 2. The number of rotatable bonds is 11. The third kappa shape index (κ3) is 8.69. The number of hydrogen-bond donors (Lipinski definition) is 1. The van der Waals surface area contributed by atoms with Gasteiger partial charge in [-0.05, 0) is 86.9 Å². The van der Waals surface area contributed by atoms with Gasteiger partial charge in [-0.1, -0.05) is 0 Å². The molecule has 1 amide bonds. The highest BCUT2D eigenvalue weighted by Crippen LogP contribution is 2.37. The fraction of sp³-hybridized carbons (Fsp3) is 0.767. The number of carbonyl (C=O) groups is 1. The van der Waals surface area contributed by atoms with Crippen LogP contribution in [-0.2, 0) is 14.8 Å². The van der Waals surface area contributed by atoms with Gasteiger partial charge >= 0.3 is 0 Å². The zero-order chi connectivity index (χ0) is 29.0. The summed E-state index contributed by atoms with van der Waals surface area (Å²) in [6.45, 7) is 8.64. The van der Waals surface area contributed by atoms with Crippen LogP contribution in [0.25, 0.3) is 0 Å². The Hall–Kier alpha value is -1.66. The summed E-state index contributed by atoms with van der Waals surface area (Å²) < 4.78 is 54.0. The summed E-state index contributed by atoms with van der Waals surface area (Å²) in [7, 11) is -3.24. The molecule has 1 aromatic rings. The Kier molecular flexibility index (Phi) is 10.3. The van der Waals surface area contributed by atoms with E-state index in [2.05, 4.69) is 20.0 Å². The highest BCUT2D eigenvalue weighted by atomic mass is 32.2. The SMILES string of the molecule is CS(=O)(=O)N1CCC([C@@H](CCN2CCC(N(CC3CC3)C(=O)CN3CCNCC3)CC2)c2cc(F)cc(F)c2)CC1. The van der Waals surface area contributed by atoms with Crippen LogP contribution in [0.1, 0.15) is 56.4 Å². The van der Waals surface area contributed by atoms with Gasteiger partial charge in [0.1, 0.15) is 11.6 Å². The van der Waals surface area contributed by atoms with Gasteiger partial charge < -0.3 is 15.1 Å². The number of piperidine rings is 2. The summed E-state index contributed by atoms with van der Waals surface area (Å²) in [5, 5.41) is 3.36. The molecule has 1 aliphatic carbocycles. The minimum Gasteiger partial charge on any atom is -0.338 e. The molecule has 1 saturated carbocycles. The van der Waals surface area contributed by atoms with Crippen molar-refractivity contribution in [3.05, 3.63) is 35.4 Å². The Bertz CT molecular complexity index is 1110. The van der Waals surface area contributed by atoms with E-state index >= 15 is 0 Å². The van der Waals surface area contributed by atoms with Crippen LogP contribution < -0.4 is 5.32 Å². The number of benzene rings is 1. The van der Waals surface area contributed by atoms with Gasteiger partial charge in [-0.25, -0.2) is 21.5 Å². The van der Waals surface area contributed by atoms with Gasteiger partial charge in [0.25, 0.3) is 0 Å². The molecule has 3 saturated heterocycles. The average Bonchev–Trinajstić information content (AvgIpc) is 3.76. The molecule has 3 heterocycles. The van der Waals surface area contributed by atoms with Gasteiger partial charge in [-0.15, -0.1) is 0 Å². The third-order valence-corrected chi connectivity index (χ3v) is 10.9. The van der Waals surface area contributed by atoms with E-state index in [0.29, 0.717) is 44.0 Å². The first kappa shape index (κ1) is 30.8. The summed E-state index contributed by atoms with van der Waals surface area (Å²) in [5.41, 5.74) is 0.671.